The highest BCUT2D eigenvalue weighted by Crippen LogP contribution is 2.15. The maximum atomic E-state index is 3.52. The Labute approximate surface area is 125 Å². The van der Waals surface area contributed by atoms with Crippen LogP contribution < -0.4 is 5.32 Å². The van der Waals surface area contributed by atoms with Crippen LogP contribution in [-0.4, -0.2) is 24.0 Å². The zero-order valence-electron chi connectivity index (χ0n) is 13.9. The van der Waals surface area contributed by atoms with Crippen molar-refractivity contribution in [2.75, 3.05) is 13.1 Å². The van der Waals surface area contributed by atoms with E-state index in [0.717, 1.165) is 26.2 Å². The molecular formula is C18H32N2. The second kappa shape index (κ2) is 9.15. The Hall–Kier alpha value is -0.860. The van der Waals surface area contributed by atoms with Crippen molar-refractivity contribution < 1.29 is 0 Å². The van der Waals surface area contributed by atoms with E-state index in [0.29, 0.717) is 12.0 Å². The molecule has 1 N–H and O–H groups in total. The maximum Gasteiger partial charge on any atom is 0.0239 e. The van der Waals surface area contributed by atoms with Crippen molar-refractivity contribution >= 4 is 0 Å². The van der Waals surface area contributed by atoms with Gasteiger partial charge in [0.2, 0.25) is 0 Å². The van der Waals surface area contributed by atoms with E-state index in [1.54, 1.807) is 0 Å². The van der Waals surface area contributed by atoms with Gasteiger partial charge in [-0.15, -0.1) is 0 Å². The minimum atomic E-state index is 0.592. The summed E-state index contributed by atoms with van der Waals surface area (Å²) in [5.41, 5.74) is 2.90. The molecule has 0 bridgehead atoms. The summed E-state index contributed by atoms with van der Waals surface area (Å²) in [4.78, 5) is 2.57. The molecule has 0 atom stereocenters. The summed E-state index contributed by atoms with van der Waals surface area (Å²) in [7, 11) is 0. The molecule has 20 heavy (non-hydrogen) atoms. The average Bonchev–Trinajstić information content (AvgIpc) is 2.39. The summed E-state index contributed by atoms with van der Waals surface area (Å²) < 4.78 is 0. The van der Waals surface area contributed by atoms with Crippen LogP contribution in [0.1, 0.15) is 52.2 Å². The fraction of sp³-hybridized carbons (Fsp3) is 0.667. The zero-order valence-corrected chi connectivity index (χ0v) is 13.9. The average molecular weight is 276 g/mol. The molecule has 0 radical (unpaired) electrons. The fourth-order valence-corrected chi connectivity index (χ4v) is 2.43. The quantitative estimate of drug-likeness (QED) is 0.684. The molecule has 0 aromatic heterocycles. The normalized spacial score (nSPS) is 11.8. The lowest BCUT2D eigenvalue weighted by molar-refractivity contribution is 0.188. The number of hydrogen-bond donors (Lipinski definition) is 1. The highest BCUT2D eigenvalue weighted by atomic mass is 15.1. The molecule has 1 aromatic carbocycles. The van der Waals surface area contributed by atoms with Gasteiger partial charge in [0, 0.05) is 25.7 Å². The largest absolute Gasteiger partial charge is 0.313 e. The predicted octanol–water partition coefficient (Wildman–Crippen LogP) is 4.05. The van der Waals surface area contributed by atoms with Crippen molar-refractivity contribution in [2.24, 2.45) is 5.92 Å². The Morgan fingerprint density at radius 1 is 1.05 bits per heavy atom. The Morgan fingerprint density at radius 2 is 1.70 bits per heavy atom. The van der Waals surface area contributed by atoms with E-state index in [4.69, 9.17) is 0 Å². The molecule has 0 amide bonds. The zero-order chi connectivity index (χ0) is 15.0. The van der Waals surface area contributed by atoms with Crippen LogP contribution in [0.3, 0.4) is 0 Å². The van der Waals surface area contributed by atoms with Gasteiger partial charge in [-0.1, -0.05) is 45.0 Å². The first-order valence-corrected chi connectivity index (χ1v) is 8.06. The number of rotatable bonds is 9. The molecule has 0 aliphatic carbocycles. The molecule has 0 saturated carbocycles. The molecule has 1 aromatic rings. The highest BCUT2D eigenvalue weighted by Gasteiger charge is 2.13. The maximum absolute atomic E-state index is 3.52. The molecule has 0 aliphatic heterocycles. The third-order valence-corrected chi connectivity index (χ3v) is 3.56. The molecule has 0 unspecified atom stereocenters. The van der Waals surface area contributed by atoms with Crippen LogP contribution in [0.5, 0.6) is 0 Å². The molecule has 114 valence electrons. The van der Waals surface area contributed by atoms with Crippen LogP contribution in [0, 0.1) is 5.92 Å². The summed E-state index contributed by atoms with van der Waals surface area (Å²) in [6.45, 7) is 15.7. The van der Waals surface area contributed by atoms with Crippen LogP contribution in [0.4, 0.5) is 0 Å². The van der Waals surface area contributed by atoms with Crippen molar-refractivity contribution in [3.05, 3.63) is 35.4 Å². The standard InChI is InChI=1S/C18H32N2/c1-6-11-19-12-17-9-7-8-10-18(17)14-20(16(4)5)13-15(2)3/h7-10,15-16,19H,6,11-14H2,1-5H3. The van der Waals surface area contributed by atoms with Gasteiger partial charge in [0.05, 0.1) is 0 Å². The van der Waals surface area contributed by atoms with Crippen LogP contribution in [0.2, 0.25) is 0 Å². The Bertz CT molecular complexity index is 371. The van der Waals surface area contributed by atoms with Gasteiger partial charge < -0.3 is 5.32 Å². The van der Waals surface area contributed by atoms with Crippen LogP contribution in [-0.2, 0) is 13.1 Å². The van der Waals surface area contributed by atoms with Crippen LogP contribution in [0.25, 0.3) is 0 Å². The third-order valence-electron chi connectivity index (χ3n) is 3.56. The molecule has 0 heterocycles. The van der Waals surface area contributed by atoms with Gasteiger partial charge in [0.25, 0.3) is 0 Å². The van der Waals surface area contributed by atoms with Crippen molar-refractivity contribution in [2.45, 2.75) is 60.2 Å². The third kappa shape index (κ3) is 6.06. The molecule has 0 spiro atoms. The van der Waals surface area contributed by atoms with Crippen LogP contribution >= 0.6 is 0 Å². The SMILES string of the molecule is CCCNCc1ccccc1CN(CC(C)C)C(C)C. The molecule has 0 aliphatic rings. The number of nitrogens with zero attached hydrogens (tertiary/aromatic N) is 1. The Balaban J connectivity index is 2.73. The van der Waals surface area contributed by atoms with Gasteiger partial charge in [0.1, 0.15) is 0 Å². The second-order valence-corrected chi connectivity index (χ2v) is 6.36. The number of benzene rings is 1. The van der Waals surface area contributed by atoms with Crippen molar-refractivity contribution in [3.63, 3.8) is 0 Å². The van der Waals surface area contributed by atoms with E-state index >= 15 is 0 Å². The lowest BCUT2D eigenvalue weighted by atomic mass is 10.1. The number of nitrogens with one attached hydrogen (secondary N) is 1. The van der Waals surface area contributed by atoms with Crippen molar-refractivity contribution in [3.8, 4) is 0 Å². The minimum absolute atomic E-state index is 0.592. The van der Waals surface area contributed by atoms with E-state index in [1.165, 1.54) is 17.5 Å². The topological polar surface area (TPSA) is 15.3 Å². The smallest absolute Gasteiger partial charge is 0.0239 e. The van der Waals surface area contributed by atoms with Gasteiger partial charge >= 0.3 is 0 Å². The first-order valence-electron chi connectivity index (χ1n) is 8.06. The van der Waals surface area contributed by atoms with Crippen LogP contribution in [0.15, 0.2) is 24.3 Å². The van der Waals surface area contributed by atoms with Gasteiger partial charge in [-0.25, -0.2) is 0 Å². The summed E-state index contributed by atoms with van der Waals surface area (Å²) in [6.07, 6.45) is 1.19. The van der Waals surface area contributed by atoms with E-state index in [1.807, 2.05) is 0 Å². The highest BCUT2D eigenvalue weighted by molar-refractivity contribution is 5.27. The van der Waals surface area contributed by atoms with E-state index in [2.05, 4.69) is 69.1 Å². The number of hydrogen-bond acceptors (Lipinski definition) is 2. The fourth-order valence-electron chi connectivity index (χ4n) is 2.43. The summed E-state index contributed by atoms with van der Waals surface area (Å²) >= 11 is 0. The first kappa shape index (κ1) is 17.2. The lowest BCUT2D eigenvalue weighted by Crippen LogP contribution is -2.34. The Kier molecular flexibility index (Phi) is 7.86. The second-order valence-electron chi connectivity index (χ2n) is 6.36. The lowest BCUT2D eigenvalue weighted by Gasteiger charge is -2.29. The molecular weight excluding hydrogens is 244 g/mol. The molecule has 0 saturated heterocycles. The van der Waals surface area contributed by atoms with E-state index in [9.17, 15) is 0 Å². The summed E-state index contributed by atoms with van der Waals surface area (Å²) in [5.74, 6) is 0.711. The molecule has 2 nitrogen and oxygen atoms in total. The first-order chi connectivity index (χ1) is 9.54. The van der Waals surface area contributed by atoms with Gasteiger partial charge in [-0.05, 0) is 43.9 Å². The Morgan fingerprint density at radius 3 is 2.25 bits per heavy atom. The minimum Gasteiger partial charge on any atom is -0.313 e. The van der Waals surface area contributed by atoms with E-state index in [-0.39, 0.29) is 0 Å². The van der Waals surface area contributed by atoms with Crippen molar-refractivity contribution in [1.82, 2.24) is 10.2 Å². The van der Waals surface area contributed by atoms with Gasteiger partial charge in [-0.3, -0.25) is 4.90 Å². The molecule has 1 rings (SSSR count). The van der Waals surface area contributed by atoms with Crippen molar-refractivity contribution in [1.29, 1.82) is 0 Å². The van der Waals surface area contributed by atoms with Gasteiger partial charge in [-0.2, -0.15) is 0 Å². The summed E-state index contributed by atoms with van der Waals surface area (Å²) in [5, 5.41) is 3.52. The predicted molar refractivity (Wildman–Crippen MR) is 88.8 cm³/mol. The molecule has 0 fully saturated rings. The summed E-state index contributed by atoms with van der Waals surface area (Å²) in [6, 6.07) is 9.43. The molecule has 2 heteroatoms. The monoisotopic (exact) mass is 276 g/mol. The van der Waals surface area contributed by atoms with E-state index < -0.39 is 0 Å². The van der Waals surface area contributed by atoms with Gasteiger partial charge in [0.15, 0.2) is 0 Å².